The molecular weight excluding hydrogens is 341 g/mol. The Morgan fingerprint density at radius 2 is 2.00 bits per heavy atom. The fourth-order valence-corrected chi connectivity index (χ4v) is 2.00. The number of benzene rings is 1. The number of nitrogens with one attached hydrogen (secondary N) is 1. The van der Waals surface area contributed by atoms with E-state index in [4.69, 9.17) is 4.74 Å². The first-order chi connectivity index (χ1) is 9.58. The molecule has 1 atom stereocenters. The van der Waals surface area contributed by atoms with E-state index in [1.807, 2.05) is 0 Å². The number of Topliss-reactive ketones (excluding diaryl/α,β-unsaturated/α-hetero) is 1. The number of alkyl carbamates (subject to hydrolysis) is 1. The van der Waals surface area contributed by atoms with Gasteiger partial charge in [0.2, 0.25) is 0 Å². The van der Waals surface area contributed by atoms with Crippen LogP contribution in [0.4, 0.5) is 9.18 Å². The highest BCUT2D eigenvalue weighted by atomic mass is 79.9. The van der Waals surface area contributed by atoms with Crippen LogP contribution in [0.15, 0.2) is 22.7 Å². The second-order valence-corrected chi connectivity index (χ2v) is 6.71. The van der Waals surface area contributed by atoms with Gasteiger partial charge >= 0.3 is 6.09 Å². The van der Waals surface area contributed by atoms with Crippen molar-refractivity contribution in [1.82, 2.24) is 5.32 Å². The van der Waals surface area contributed by atoms with Crippen molar-refractivity contribution in [3.63, 3.8) is 0 Å². The molecule has 1 N–H and O–H groups in total. The van der Waals surface area contributed by atoms with Gasteiger partial charge in [-0.25, -0.2) is 9.18 Å². The molecule has 0 aliphatic rings. The van der Waals surface area contributed by atoms with Crippen LogP contribution in [-0.2, 0) is 4.74 Å². The van der Waals surface area contributed by atoms with Crippen molar-refractivity contribution in [3.8, 4) is 0 Å². The van der Waals surface area contributed by atoms with Crippen molar-refractivity contribution in [2.45, 2.75) is 45.8 Å². The predicted molar refractivity (Wildman–Crippen MR) is 81.9 cm³/mol. The maximum Gasteiger partial charge on any atom is 0.407 e. The number of hydrogen-bond acceptors (Lipinski definition) is 3. The van der Waals surface area contributed by atoms with Gasteiger partial charge in [-0.1, -0.05) is 15.9 Å². The molecule has 0 aliphatic carbocycles. The third kappa shape index (κ3) is 6.25. The van der Waals surface area contributed by atoms with E-state index >= 15 is 0 Å². The number of amides is 1. The molecule has 1 amide bonds. The van der Waals surface area contributed by atoms with Crippen molar-refractivity contribution >= 4 is 27.8 Å². The van der Waals surface area contributed by atoms with E-state index in [1.54, 1.807) is 33.8 Å². The maximum atomic E-state index is 13.7. The first kappa shape index (κ1) is 17.6. The summed E-state index contributed by atoms with van der Waals surface area (Å²) in [6.45, 7) is 6.91. The Hall–Kier alpha value is -1.43. The van der Waals surface area contributed by atoms with Gasteiger partial charge in [0.05, 0.1) is 5.56 Å². The SMILES string of the molecule is CC(CC(=O)c1ccc(Br)cc1F)NC(=O)OC(C)(C)C. The second-order valence-electron chi connectivity index (χ2n) is 5.80. The lowest BCUT2D eigenvalue weighted by molar-refractivity contribution is 0.0506. The van der Waals surface area contributed by atoms with E-state index in [2.05, 4.69) is 21.2 Å². The van der Waals surface area contributed by atoms with Crippen molar-refractivity contribution in [2.75, 3.05) is 0 Å². The summed E-state index contributed by atoms with van der Waals surface area (Å²) in [6.07, 6.45) is -0.600. The van der Waals surface area contributed by atoms with E-state index in [0.29, 0.717) is 4.47 Å². The van der Waals surface area contributed by atoms with Crippen molar-refractivity contribution in [2.24, 2.45) is 0 Å². The van der Waals surface area contributed by atoms with Crippen molar-refractivity contribution in [1.29, 1.82) is 0 Å². The highest BCUT2D eigenvalue weighted by Gasteiger charge is 2.20. The molecule has 1 rings (SSSR count). The minimum absolute atomic E-state index is 0.00219. The van der Waals surface area contributed by atoms with Crippen LogP contribution in [0.3, 0.4) is 0 Å². The number of carbonyl (C=O) groups is 2. The Balaban J connectivity index is 2.60. The lowest BCUT2D eigenvalue weighted by Crippen LogP contribution is -2.38. The maximum absolute atomic E-state index is 13.7. The standard InChI is InChI=1S/C15H19BrFNO3/c1-9(18-14(20)21-15(2,3)4)7-13(19)11-6-5-10(16)8-12(11)17/h5-6,8-9H,7H2,1-4H3,(H,18,20). The number of hydrogen-bond donors (Lipinski definition) is 1. The third-order valence-corrected chi connectivity index (χ3v) is 2.98. The average molecular weight is 360 g/mol. The zero-order valence-electron chi connectivity index (χ0n) is 12.5. The monoisotopic (exact) mass is 359 g/mol. The summed E-state index contributed by atoms with van der Waals surface area (Å²) >= 11 is 3.13. The van der Waals surface area contributed by atoms with Gasteiger partial charge in [0.25, 0.3) is 0 Å². The summed E-state index contributed by atoms with van der Waals surface area (Å²) in [6, 6.07) is 3.80. The highest BCUT2D eigenvalue weighted by Crippen LogP contribution is 2.17. The fourth-order valence-electron chi connectivity index (χ4n) is 1.66. The van der Waals surface area contributed by atoms with Crippen molar-refractivity contribution < 1.29 is 18.7 Å². The first-order valence-electron chi connectivity index (χ1n) is 6.56. The minimum Gasteiger partial charge on any atom is -0.444 e. The van der Waals surface area contributed by atoms with Crippen LogP contribution in [-0.4, -0.2) is 23.5 Å². The lowest BCUT2D eigenvalue weighted by Gasteiger charge is -2.21. The molecule has 0 bridgehead atoms. The molecule has 1 aromatic carbocycles. The first-order valence-corrected chi connectivity index (χ1v) is 7.35. The summed E-state index contributed by atoms with van der Waals surface area (Å²) in [5.41, 5.74) is -0.595. The molecule has 0 saturated carbocycles. The Kier molecular flexibility index (Phi) is 5.89. The second kappa shape index (κ2) is 7.02. The van der Waals surface area contributed by atoms with Crippen LogP contribution < -0.4 is 5.32 Å². The van der Waals surface area contributed by atoms with Gasteiger partial charge in [-0.05, 0) is 45.9 Å². The van der Waals surface area contributed by atoms with Crippen LogP contribution in [0.25, 0.3) is 0 Å². The smallest absolute Gasteiger partial charge is 0.407 e. The van der Waals surface area contributed by atoms with E-state index in [1.165, 1.54) is 12.1 Å². The van der Waals surface area contributed by atoms with E-state index in [9.17, 15) is 14.0 Å². The van der Waals surface area contributed by atoms with Gasteiger partial charge in [0, 0.05) is 16.9 Å². The molecule has 0 aromatic heterocycles. The number of ketones is 1. The van der Waals surface area contributed by atoms with Gasteiger partial charge in [-0.2, -0.15) is 0 Å². The molecule has 0 saturated heterocycles. The van der Waals surface area contributed by atoms with E-state index in [-0.39, 0.29) is 17.8 Å². The summed E-state index contributed by atoms with van der Waals surface area (Å²) < 4.78 is 19.3. The van der Waals surface area contributed by atoms with Crippen LogP contribution in [0.5, 0.6) is 0 Å². The Bertz CT molecular complexity index is 540. The number of ether oxygens (including phenoxy) is 1. The number of carbonyl (C=O) groups excluding carboxylic acids is 2. The Morgan fingerprint density at radius 3 is 2.52 bits per heavy atom. The summed E-state index contributed by atoms with van der Waals surface area (Å²) in [5.74, 6) is -0.956. The predicted octanol–water partition coefficient (Wildman–Crippen LogP) is 4.07. The molecule has 1 aromatic rings. The molecule has 0 heterocycles. The van der Waals surface area contributed by atoms with Gasteiger partial charge in [-0.3, -0.25) is 4.79 Å². The van der Waals surface area contributed by atoms with Crippen LogP contribution >= 0.6 is 15.9 Å². The summed E-state index contributed by atoms with van der Waals surface area (Å²) in [4.78, 5) is 23.6. The number of halogens is 2. The molecular formula is C15H19BrFNO3. The van der Waals surface area contributed by atoms with Gasteiger partial charge in [-0.15, -0.1) is 0 Å². The topological polar surface area (TPSA) is 55.4 Å². The van der Waals surface area contributed by atoms with Crippen molar-refractivity contribution in [3.05, 3.63) is 34.1 Å². The fraction of sp³-hybridized carbons (Fsp3) is 0.467. The normalized spacial score (nSPS) is 12.7. The van der Waals surface area contributed by atoms with Crippen LogP contribution in [0.2, 0.25) is 0 Å². The molecule has 0 fully saturated rings. The molecule has 0 spiro atoms. The molecule has 116 valence electrons. The average Bonchev–Trinajstić information content (AvgIpc) is 2.24. The largest absolute Gasteiger partial charge is 0.444 e. The molecule has 6 heteroatoms. The molecule has 1 unspecified atom stereocenters. The zero-order chi connectivity index (χ0) is 16.2. The summed E-state index contributed by atoms with van der Waals surface area (Å²) in [7, 11) is 0. The summed E-state index contributed by atoms with van der Waals surface area (Å²) in [5, 5.41) is 2.55. The molecule has 0 radical (unpaired) electrons. The third-order valence-electron chi connectivity index (χ3n) is 2.49. The van der Waals surface area contributed by atoms with Crippen LogP contribution in [0, 0.1) is 5.82 Å². The Morgan fingerprint density at radius 1 is 1.38 bits per heavy atom. The van der Waals surface area contributed by atoms with E-state index in [0.717, 1.165) is 0 Å². The molecule has 4 nitrogen and oxygen atoms in total. The highest BCUT2D eigenvalue weighted by molar-refractivity contribution is 9.10. The van der Waals surface area contributed by atoms with Gasteiger partial charge < -0.3 is 10.1 Å². The Labute approximate surface area is 132 Å². The molecule has 0 aliphatic heterocycles. The minimum atomic E-state index is -0.606. The zero-order valence-corrected chi connectivity index (χ0v) is 14.1. The lowest BCUT2D eigenvalue weighted by atomic mass is 10.0. The quantitative estimate of drug-likeness (QED) is 0.824. The molecule has 21 heavy (non-hydrogen) atoms. The number of rotatable bonds is 4. The van der Waals surface area contributed by atoms with Gasteiger partial charge in [0.15, 0.2) is 5.78 Å². The van der Waals surface area contributed by atoms with E-state index < -0.39 is 23.6 Å². The van der Waals surface area contributed by atoms with Gasteiger partial charge in [0.1, 0.15) is 11.4 Å². The van der Waals surface area contributed by atoms with Crippen LogP contribution in [0.1, 0.15) is 44.5 Å².